The number of unbranched alkanes of at least 4 members (excludes halogenated alkanes) is 1. The van der Waals surface area contributed by atoms with Gasteiger partial charge in [-0.2, -0.15) is 0 Å². The van der Waals surface area contributed by atoms with Crippen molar-refractivity contribution in [2.24, 2.45) is 5.92 Å². The molecule has 0 bridgehead atoms. The second-order valence-electron chi connectivity index (χ2n) is 6.43. The van der Waals surface area contributed by atoms with E-state index in [1.165, 1.54) is 5.98 Å². The second-order valence-corrected chi connectivity index (χ2v) is 7.18. The zero-order valence-corrected chi connectivity index (χ0v) is 17.2. The standard InChI is InChI=1S/C19H29O5PS/c1-3-4-10-21-17-16(20)13(2)15(24-19(17)26)11-22-18(23-12-25)14-8-6-5-7-9-14/h5-9,12-13,15-20,25-26H,3-4,10-11H2,1-2H3/t13-,15?,16?,17-,18?,19-/m1/s1. The van der Waals surface area contributed by atoms with E-state index in [2.05, 4.69) is 28.4 Å². The zero-order valence-electron chi connectivity index (χ0n) is 15.3. The number of benzene rings is 1. The van der Waals surface area contributed by atoms with Crippen LogP contribution in [0.5, 0.6) is 0 Å². The fourth-order valence-corrected chi connectivity index (χ4v) is 3.41. The summed E-state index contributed by atoms with van der Waals surface area (Å²) in [5.41, 5.74) is 0.402. The van der Waals surface area contributed by atoms with Gasteiger partial charge in [0.25, 0.3) is 0 Å². The summed E-state index contributed by atoms with van der Waals surface area (Å²) in [6, 6.07) is 9.64. The summed E-state index contributed by atoms with van der Waals surface area (Å²) in [6.45, 7) is 4.90. The average molecular weight is 400 g/mol. The Morgan fingerprint density at radius 1 is 1.35 bits per heavy atom. The topological polar surface area (TPSA) is 57.2 Å². The zero-order chi connectivity index (χ0) is 18.9. The van der Waals surface area contributed by atoms with E-state index >= 15 is 0 Å². The van der Waals surface area contributed by atoms with Crippen LogP contribution >= 0.6 is 21.5 Å². The molecule has 7 heteroatoms. The van der Waals surface area contributed by atoms with Crippen LogP contribution in [-0.2, 0) is 18.9 Å². The van der Waals surface area contributed by atoms with E-state index in [9.17, 15) is 5.11 Å². The number of ether oxygens (including phenoxy) is 4. The Kier molecular flexibility index (Phi) is 9.57. The highest BCUT2D eigenvalue weighted by Crippen LogP contribution is 2.31. The van der Waals surface area contributed by atoms with E-state index in [4.69, 9.17) is 18.9 Å². The average Bonchev–Trinajstić information content (AvgIpc) is 2.66. The molecule has 0 aliphatic carbocycles. The molecule has 1 aliphatic rings. The molecular weight excluding hydrogens is 371 g/mol. The molecule has 3 unspecified atom stereocenters. The van der Waals surface area contributed by atoms with Gasteiger partial charge in [0.05, 0.1) is 24.8 Å². The van der Waals surface area contributed by atoms with Gasteiger partial charge < -0.3 is 24.1 Å². The second kappa shape index (κ2) is 11.4. The maximum atomic E-state index is 10.6. The van der Waals surface area contributed by atoms with E-state index in [1.807, 2.05) is 37.3 Å². The van der Waals surface area contributed by atoms with Gasteiger partial charge in [-0.15, -0.1) is 12.6 Å². The largest absolute Gasteiger partial charge is 0.390 e. The lowest BCUT2D eigenvalue weighted by molar-refractivity contribution is -0.211. The minimum atomic E-state index is -0.657. The minimum absolute atomic E-state index is 0.145. The highest BCUT2D eigenvalue weighted by Gasteiger charge is 2.42. The molecule has 1 aromatic rings. The predicted octanol–water partition coefficient (Wildman–Crippen LogP) is 3.46. The van der Waals surface area contributed by atoms with Gasteiger partial charge in [-0.3, -0.25) is 0 Å². The lowest BCUT2D eigenvalue weighted by atomic mass is 9.91. The first kappa shape index (κ1) is 21.8. The van der Waals surface area contributed by atoms with Crippen LogP contribution in [0.1, 0.15) is 38.5 Å². The summed E-state index contributed by atoms with van der Waals surface area (Å²) in [5, 5.41) is 10.6. The van der Waals surface area contributed by atoms with Gasteiger partial charge in [0, 0.05) is 18.1 Å². The summed E-state index contributed by atoms with van der Waals surface area (Å²) < 4.78 is 23.1. The van der Waals surface area contributed by atoms with Gasteiger partial charge in [-0.05, 0) is 6.42 Å². The summed E-state index contributed by atoms with van der Waals surface area (Å²) >= 11 is 4.47. The van der Waals surface area contributed by atoms with Gasteiger partial charge in [-0.1, -0.05) is 59.5 Å². The molecule has 2 rings (SSSR count). The van der Waals surface area contributed by atoms with Gasteiger partial charge in [0.1, 0.15) is 11.5 Å². The Morgan fingerprint density at radius 3 is 2.73 bits per heavy atom. The fraction of sp³-hybridized carbons (Fsp3) is 0.632. The summed E-state index contributed by atoms with van der Waals surface area (Å²) in [4.78, 5) is 0. The Balaban J connectivity index is 1.93. The predicted molar refractivity (Wildman–Crippen MR) is 108 cm³/mol. The van der Waals surface area contributed by atoms with Crippen molar-refractivity contribution in [3.8, 4) is 0 Å². The van der Waals surface area contributed by atoms with Crippen molar-refractivity contribution in [2.45, 2.75) is 56.7 Å². The number of aliphatic hydroxyl groups excluding tert-OH is 1. The molecule has 1 N–H and O–H groups in total. The third-order valence-corrected chi connectivity index (χ3v) is 5.09. The molecule has 1 fully saturated rings. The van der Waals surface area contributed by atoms with Crippen molar-refractivity contribution in [3.05, 3.63) is 35.9 Å². The smallest absolute Gasteiger partial charge is 0.189 e. The first-order chi connectivity index (χ1) is 12.6. The summed E-state index contributed by atoms with van der Waals surface area (Å²) in [7, 11) is 3.20. The number of hydrogen-bond acceptors (Lipinski definition) is 6. The summed E-state index contributed by atoms with van der Waals surface area (Å²) in [6.07, 6.45) is 0.0339. The number of aliphatic hydroxyl groups is 1. The van der Waals surface area contributed by atoms with Gasteiger partial charge in [0.2, 0.25) is 0 Å². The molecule has 6 atom stereocenters. The molecule has 1 heterocycles. The van der Waals surface area contributed by atoms with E-state index in [-0.39, 0.29) is 18.6 Å². The molecule has 0 spiro atoms. The lowest BCUT2D eigenvalue weighted by Gasteiger charge is -2.42. The van der Waals surface area contributed by atoms with Crippen molar-refractivity contribution in [1.82, 2.24) is 0 Å². The van der Waals surface area contributed by atoms with E-state index in [0.29, 0.717) is 6.61 Å². The summed E-state index contributed by atoms with van der Waals surface area (Å²) in [5.74, 6) is 1.27. The Morgan fingerprint density at radius 2 is 2.08 bits per heavy atom. The quantitative estimate of drug-likeness (QED) is 0.273. The lowest BCUT2D eigenvalue weighted by Crippen LogP contribution is -2.54. The van der Waals surface area contributed by atoms with Crippen LogP contribution in [0.15, 0.2) is 30.3 Å². The van der Waals surface area contributed by atoms with Crippen LogP contribution < -0.4 is 0 Å². The van der Waals surface area contributed by atoms with E-state index < -0.39 is 23.9 Å². The van der Waals surface area contributed by atoms with Crippen molar-refractivity contribution < 1.29 is 24.1 Å². The van der Waals surface area contributed by atoms with Crippen LogP contribution in [0, 0.1) is 5.92 Å². The van der Waals surface area contributed by atoms with Crippen molar-refractivity contribution >= 4 is 27.5 Å². The van der Waals surface area contributed by atoms with Crippen molar-refractivity contribution in [1.29, 1.82) is 0 Å². The first-order valence-corrected chi connectivity index (χ1v) is 10.1. The molecule has 1 saturated heterocycles. The number of thiol groups is 1. The Labute approximate surface area is 163 Å². The molecular formula is C19H29O5PS. The van der Waals surface area contributed by atoms with Crippen molar-refractivity contribution in [3.63, 3.8) is 0 Å². The van der Waals surface area contributed by atoms with Crippen LogP contribution in [0.3, 0.4) is 0 Å². The SMILES string of the molecule is CCCCO[C@@H]1C(O)[C@H](C)C(COC(OC=P)c2ccccc2)O[C@@H]1S. The third-order valence-electron chi connectivity index (χ3n) is 4.54. The first-order valence-electron chi connectivity index (χ1n) is 9.02. The molecule has 26 heavy (non-hydrogen) atoms. The normalized spacial score (nSPS) is 30.1. The van der Waals surface area contributed by atoms with Gasteiger partial charge in [-0.25, -0.2) is 0 Å². The molecule has 0 radical (unpaired) electrons. The molecule has 146 valence electrons. The molecule has 1 aliphatic heterocycles. The maximum Gasteiger partial charge on any atom is 0.189 e. The Bertz CT molecular complexity index is 532. The molecule has 0 aromatic heterocycles. The van der Waals surface area contributed by atoms with E-state index in [1.54, 1.807) is 0 Å². The molecule has 5 nitrogen and oxygen atoms in total. The minimum Gasteiger partial charge on any atom is -0.390 e. The maximum absolute atomic E-state index is 10.6. The van der Waals surface area contributed by atoms with Crippen LogP contribution in [0.2, 0.25) is 0 Å². The van der Waals surface area contributed by atoms with Crippen LogP contribution in [0.4, 0.5) is 0 Å². The van der Waals surface area contributed by atoms with Gasteiger partial charge >= 0.3 is 0 Å². The molecule has 1 aromatic carbocycles. The van der Waals surface area contributed by atoms with Crippen LogP contribution in [-0.4, -0.2) is 48.1 Å². The number of hydrogen-bond donors (Lipinski definition) is 2. The van der Waals surface area contributed by atoms with Gasteiger partial charge in [0.15, 0.2) is 6.29 Å². The van der Waals surface area contributed by atoms with E-state index in [0.717, 1.165) is 18.4 Å². The fourth-order valence-electron chi connectivity index (χ4n) is 2.87. The molecule has 0 saturated carbocycles. The third kappa shape index (κ3) is 6.03. The number of rotatable bonds is 10. The monoisotopic (exact) mass is 400 g/mol. The highest BCUT2D eigenvalue weighted by atomic mass is 32.1. The van der Waals surface area contributed by atoms with Crippen molar-refractivity contribution in [2.75, 3.05) is 13.2 Å². The molecule has 0 amide bonds. The highest BCUT2D eigenvalue weighted by molar-refractivity contribution is 7.80. The van der Waals surface area contributed by atoms with Crippen LogP contribution in [0.25, 0.3) is 0 Å². The Hall–Kier alpha value is -0.460.